The van der Waals surface area contributed by atoms with E-state index in [1.54, 1.807) is 31.4 Å². The van der Waals surface area contributed by atoms with E-state index in [0.29, 0.717) is 24.7 Å². The molecule has 0 saturated carbocycles. The first kappa shape index (κ1) is 16.8. The molecule has 124 valence electrons. The number of cyclic esters (lactones) is 2. The Hall–Kier alpha value is -2.54. The van der Waals surface area contributed by atoms with E-state index >= 15 is 0 Å². The maximum Gasteiger partial charge on any atom is 0.350 e. The molecule has 1 aliphatic rings. The Morgan fingerprint density at radius 3 is 2.52 bits per heavy atom. The minimum atomic E-state index is -1.25. The monoisotopic (exact) mass is 321 g/mol. The minimum Gasteiger partial charge on any atom is -0.491 e. The van der Waals surface area contributed by atoms with E-state index in [-0.39, 0.29) is 5.57 Å². The third-order valence-electron chi connectivity index (χ3n) is 2.89. The van der Waals surface area contributed by atoms with Gasteiger partial charge >= 0.3 is 11.9 Å². The van der Waals surface area contributed by atoms with E-state index in [0.717, 1.165) is 0 Å². The molecule has 1 aliphatic heterocycles. The average molecular weight is 321 g/mol. The molecule has 0 aromatic heterocycles. The van der Waals surface area contributed by atoms with E-state index < -0.39 is 17.7 Å². The molecule has 0 unspecified atom stereocenters. The van der Waals surface area contributed by atoms with Gasteiger partial charge in [-0.15, -0.1) is 0 Å². The van der Waals surface area contributed by atoms with Gasteiger partial charge in [0.05, 0.1) is 6.61 Å². The van der Waals surface area contributed by atoms with Crippen molar-refractivity contribution in [2.45, 2.75) is 19.6 Å². The first-order chi connectivity index (χ1) is 10.9. The summed E-state index contributed by atoms with van der Waals surface area (Å²) in [5.74, 6) is -2.07. The largest absolute Gasteiger partial charge is 0.491 e. The van der Waals surface area contributed by atoms with Crippen molar-refractivity contribution in [2.75, 3.05) is 25.6 Å². The average Bonchev–Trinajstić information content (AvgIpc) is 2.46. The Labute approximate surface area is 134 Å². The van der Waals surface area contributed by atoms with Crippen molar-refractivity contribution in [2.24, 2.45) is 0 Å². The molecule has 2 rings (SSSR count). The summed E-state index contributed by atoms with van der Waals surface area (Å²) < 4.78 is 20.4. The normalized spacial score (nSPS) is 16.4. The predicted octanol–water partition coefficient (Wildman–Crippen LogP) is 1.84. The number of esters is 2. The fraction of sp³-hybridized carbons (Fsp3) is 0.375. The molecule has 7 heteroatoms. The Balaban J connectivity index is 2.03. The second-order valence-electron chi connectivity index (χ2n) is 5.25. The third kappa shape index (κ3) is 4.72. The van der Waals surface area contributed by atoms with E-state index in [1.165, 1.54) is 20.0 Å². The number of ether oxygens (including phenoxy) is 4. The van der Waals surface area contributed by atoms with Gasteiger partial charge in [0, 0.05) is 38.9 Å². The quantitative estimate of drug-likeness (QED) is 0.370. The number of hydrogen-bond donors (Lipinski definition) is 1. The number of rotatable bonds is 6. The molecule has 0 aliphatic carbocycles. The lowest BCUT2D eigenvalue weighted by molar-refractivity contribution is -0.222. The molecule has 23 heavy (non-hydrogen) atoms. The third-order valence-corrected chi connectivity index (χ3v) is 2.89. The smallest absolute Gasteiger partial charge is 0.350 e. The molecule has 0 amide bonds. The van der Waals surface area contributed by atoms with Gasteiger partial charge in [0.2, 0.25) is 0 Å². The van der Waals surface area contributed by atoms with Crippen molar-refractivity contribution in [1.82, 2.24) is 0 Å². The molecule has 1 fully saturated rings. The first-order valence-corrected chi connectivity index (χ1v) is 7.06. The molecule has 1 heterocycles. The number of benzene rings is 1. The van der Waals surface area contributed by atoms with E-state index in [4.69, 9.17) is 18.9 Å². The summed E-state index contributed by atoms with van der Waals surface area (Å²) in [6.45, 7) is 3.89. The van der Waals surface area contributed by atoms with Gasteiger partial charge in [-0.3, -0.25) is 0 Å². The highest BCUT2D eigenvalue weighted by atomic mass is 16.7. The maximum absolute atomic E-state index is 11.8. The molecule has 0 spiro atoms. The maximum atomic E-state index is 11.8. The molecular weight excluding hydrogens is 302 g/mol. The van der Waals surface area contributed by atoms with E-state index in [2.05, 4.69) is 5.32 Å². The van der Waals surface area contributed by atoms with Crippen molar-refractivity contribution < 1.29 is 28.5 Å². The fourth-order valence-corrected chi connectivity index (χ4v) is 1.85. The number of nitrogens with one attached hydrogen (secondary N) is 1. The zero-order chi connectivity index (χ0) is 16.9. The summed E-state index contributed by atoms with van der Waals surface area (Å²) in [6, 6.07) is 7.07. The van der Waals surface area contributed by atoms with Crippen molar-refractivity contribution >= 4 is 17.6 Å². The summed E-state index contributed by atoms with van der Waals surface area (Å²) in [5.41, 5.74) is 0.452. The van der Waals surface area contributed by atoms with Gasteiger partial charge in [0.25, 0.3) is 5.79 Å². The molecule has 1 N–H and O–H groups in total. The topological polar surface area (TPSA) is 83.1 Å². The molecule has 1 aromatic rings. The van der Waals surface area contributed by atoms with Crippen LogP contribution in [0.2, 0.25) is 0 Å². The molecule has 0 bridgehead atoms. The molecule has 1 aromatic carbocycles. The van der Waals surface area contributed by atoms with E-state index in [1.807, 2.05) is 0 Å². The first-order valence-electron chi connectivity index (χ1n) is 7.06. The van der Waals surface area contributed by atoms with Crippen molar-refractivity contribution in [3.63, 3.8) is 0 Å². The van der Waals surface area contributed by atoms with Gasteiger partial charge in [0.15, 0.2) is 5.57 Å². The van der Waals surface area contributed by atoms with Crippen molar-refractivity contribution in [3.8, 4) is 5.75 Å². The van der Waals surface area contributed by atoms with Crippen LogP contribution in [0.3, 0.4) is 0 Å². The predicted molar refractivity (Wildman–Crippen MR) is 81.8 cm³/mol. The highest BCUT2D eigenvalue weighted by Gasteiger charge is 2.38. The molecule has 0 radical (unpaired) electrons. The summed E-state index contributed by atoms with van der Waals surface area (Å²) in [7, 11) is 1.59. The number of methoxy groups -OCH3 is 1. The molecule has 7 nitrogen and oxygen atoms in total. The lowest BCUT2D eigenvalue weighted by Crippen LogP contribution is -2.42. The van der Waals surface area contributed by atoms with Crippen LogP contribution in [0, 0.1) is 0 Å². The molecule has 0 atom stereocenters. The second-order valence-corrected chi connectivity index (χ2v) is 5.25. The Morgan fingerprint density at radius 1 is 1.17 bits per heavy atom. The van der Waals surface area contributed by atoms with Crippen LogP contribution in [0.1, 0.15) is 13.8 Å². The fourth-order valence-electron chi connectivity index (χ4n) is 1.85. The zero-order valence-corrected chi connectivity index (χ0v) is 13.3. The Bertz CT molecular complexity index is 601. The zero-order valence-electron chi connectivity index (χ0n) is 13.3. The molecule has 1 saturated heterocycles. The van der Waals surface area contributed by atoms with Gasteiger partial charge in [-0.2, -0.15) is 0 Å². The second kappa shape index (κ2) is 7.15. The lowest BCUT2D eigenvalue weighted by atomic mass is 10.2. The highest BCUT2D eigenvalue weighted by molar-refractivity contribution is 6.15. The minimum absolute atomic E-state index is 0.199. The van der Waals surface area contributed by atoms with Crippen LogP contribution >= 0.6 is 0 Å². The summed E-state index contributed by atoms with van der Waals surface area (Å²) >= 11 is 0. The number of carbonyl (C=O) groups is 2. The van der Waals surface area contributed by atoms with Crippen LogP contribution in [0.4, 0.5) is 5.69 Å². The van der Waals surface area contributed by atoms with Crippen molar-refractivity contribution in [3.05, 3.63) is 36.0 Å². The van der Waals surface area contributed by atoms with Crippen LogP contribution in [0.25, 0.3) is 0 Å². The summed E-state index contributed by atoms with van der Waals surface area (Å²) in [4.78, 5) is 23.6. The van der Waals surface area contributed by atoms with Crippen LogP contribution in [0.15, 0.2) is 36.0 Å². The van der Waals surface area contributed by atoms with Crippen LogP contribution < -0.4 is 10.1 Å². The number of hydrogen-bond acceptors (Lipinski definition) is 7. The Morgan fingerprint density at radius 2 is 1.87 bits per heavy atom. The summed E-state index contributed by atoms with van der Waals surface area (Å²) in [5, 5.41) is 2.86. The van der Waals surface area contributed by atoms with Gasteiger partial charge in [-0.05, 0) is 12.1 Å². The standard InChI is InChI=1S/C16H19NO6/c1-16(2)22-14(18)13(15(19)23-16)10-17-11-5-4-6-12(9-11)21-8-7-20-3/h4-6,9-10,17H,7-8H2,1-3H3. The number of carbonyl (C=O) groups excluding carboxylic acids is 2. The van der Waals surface area contributed by atoms with Crippen LogP contribution in [0.5, 0.6) is 5.75 Å². The van der Waals surface area contributed by atoms with E-state index in [9.17, 15) is 9.59 Å². The Kier molecular flexibility index (Phi) is 5.23. The SMILES string of the molecule is COCCOc1cccc(NC=C2C(=O)OC(C)(C)OC2=O)c1. The van der Waals surface area contributed by atoms with Gasteiger partial charge < -0.3 is 24.3 Å². The van der Waals surface area contributed by atoms with Gasteiger partial charge in [0.1, 0.15) is 12.4 Å². The van der Waals surface area contributed by atoms with Gasteiger partial charge in [-0.1, -0.05) is 6.07 Å². The van der Waals surface area contributed by atoms with Crippen LogP contribution in [-0.2, 0) is 23.8 Å². The number of anilines is 1. The van der Waals surface area contributed by atoms with Crippen LogP contribution in [-0.4, -0.2) is 38.0 Å². The molecular formula is C16H19NO6. The lowest BCUT2D eigenvalue weighted by Gasteiger charge is -2.29. The highest BCUT2D eigenvalue weighted by Crippen LogP contribution is 2.23. The summed E-state index contributed by atoms with van der Waals surface area (Å²) in [6.07, 6.45) is 1.26. The van der Waals surface area contributed by atoms with Crippen molar-refractivity contribution in [1.29, 1.82) is 0 Å². The van der Waals surface area contributed by atoms with Gasteiger partial charge in [-0.25, -0.2) is 9.59 Å².